The molecule has 0 heterocycles. The first-order valence-electron chi connectivity index (χ1n) is 8.66. The van der Waals surface area contributed by atoms with Gasteiger partial charge in [-0.25, -0.2) is 5.43 Å². The Morgan fingerprint density at radius 1 is 1.15 bits per heavy atom. The van der Waals surface area contributed by atoms with Gasteiger partial charge in [-0.1, -0.05) is 36.2 Å². The van der Waals surface area contributed by atoms with Crippen molar-refractivity contribution in [2.45, 2.75) is 33.2 Å². The molecule has 0 saturated carbocycles. The average Bonchev–Trinajstić information content (AvgIpc) is 2.65. The summed E-state index contributed by atoms with van der Waals surface area (Å²) in [4.78, 5) is 23.5. The summed E-state index contributed by atoms with van der Waals surface area (Å²) >= 11 is 6.06. The number of benzene rings is 2. The second-order valence-electron chi connectivity index (χ2n) is 6.20. The predicted molar refractivity (Wildman–Crippen MR) is 110 cm³/mol. The van der Waals surface area contributed by atoms with Crippen molar-refractivity contribution < 1.29 is 9.59 Å². The van der Waals surface area contributed by atoms with Gasteiger partial charge in [-0.05, 0) is 50.6 Å². The SMILES string of the molecule is CC[C@@H](C)NC(=O)C(=O)N/N=C\c1cc(Cl)ccc1Nc1ccc(C)cc1. The maximum absolute atomic E-state index is 11.8. The van der Waals surface area contributed by atoms with E-state index in [-0.39, 0.29) is 6.04 Å². The van der Waals surface area contributed by atoms with Gasteiger partial charge in [0.05, 0.1) is 6.21 Å². The van der Waals surface area contributed by atoms with Crippen LogP contribution in [0.4, 0.5) is 11.4 Å². The van der Waals surface area contributed by atoms with Gasteiger partial charge in [0.2, 0.25) is 0 Å². The van der Waals surface area contributed by atoms with Gasteiger partial charge in [0, 0.05) is 28.0 Å². The molecule has 7 heteroatoms. The van der Waals surface area contributed by atoms with Crippen molar-refractivity contribution in [3.8, 4) is 0 Å². The Morgan fingerprint density at radius 3 is 2.52 bits per heavy atom. The molecule has 2 amide bonds. The summed E-state index contributed by atoms with van der Waals surface area (Å²) in [5.41, 5.74) is 5.74. The van der Waals surface area contributed by atoms with Crippen molar-refractivity contribution >= 4 is 41.0 Å². The summed E-state index contributed by atoms with van der Waals surface area (Å²) in [5, 5.41) is 10.3. The minimum atomic E-state index is -0.818. The van der Waals surface area contributed by atoms with Gasteiger partial charge in [-0.3, -0.25) is 9.59 Å². The van der Waals surface area contributed by atoms with Gasteiger partial charge in [0.15, 0.2) is 0 Å². The fourth-order valence-corrected chi connectivity index (χ4v) is 2.33. The van der Waals surface area contributed by atoms with Crippen molar-refractivity contribution in [3.05, 3.63) is 58.6 Å². The molecule has 3 N–H and O–H groups in total. The average molecular weight is 387 g/mol. The quantitative estimate of drug-likeness (QED) is 0.401. The van der Waals surface area contributed by atoms with Crippen LogP contribution in [0, 0.1) is 6.92 Å². The summed E-state index contributed by atoms with van der Waals surface area (Å²) in [6.45, 7) is 5.76. The molecule has 0 spiro atoms. The molecule has 2 aromatic carbocycles. The van der Waals surface area contributed by atoms with Crippen molar-refractivity contribution in [1.82, 2.24) is 10.7 Å². The van der Waals surface area contributed by atoms with Gasteiger partial charge in [-0.15, -0.1) is 0 Å². The van der Waals surface area contributed by atoms with E-state index in [1.807, 2.05) is 51.1 Å². The van der Waals surface area contributed by atoms with E-state index in [4.69, 9.17) is 11.6 Å². The highest BCUT2D eigenvalue weighted by Gasteiger charge is 2.14. The highest BCUT2D eigenvalue weighted by Crippen LogP contribution is 2.23. The molecule has 27 heavy (non-hydrogen) atoms. The molecule has 142 valence electrons. The standard InChI is InChI=1S/C20H23ClN4O2/c1-4-14(3)23-19(26)20(27)25-22-12-15-11-16(21)7-10-18(15)24-17-8-5-13(2)6-9-17/h5-12,14,24H,4H2,1-3H3,(H,23,26)(H,25,27)/b22-12-/t14-/m1/s1. The third-order valence-electron chi connectivity index (χ3n) is 3.91. The number of amides is 2. The molecule has 2 rings (SSSR count). The van der Waals surface area contributed by atoms with Crippen LogP contribution in [-0.2, 0) is 9.59 Å². The number of halogens is 1. The molecular weight excluding hydrogens is 364 g/mol. The van der Waals surface area contributed by atoms with Crippen molar-refractivity contribution in [1.29, 1.82) is 0 Å². The second kappa shape index (κ2) is 9.73. The first kappa shape index (κ1) is 20.5. The van der Waals surface area contributed by atoms with Crippen LogP contribution < -0.4 is 16.1 Å². The summed E-state index contributed by atoms with van der Waals surface area (Å²) in [6, 6.07) is 13.1. The van der Waals surface area contributed by atoms with Crippen LogP contribution in [0.5, 0.6) is 0 Å². The number of hydrogen-bond acceptors (Lipinski definition) is 4. The number of rotatable bonds is 6. The molecule has 2 aromatic rings. The van der Waals surface area contributed by atoms with E-state index < -0.39 is 11.8 Å². The Bertz CT molecular complexity index is 834. The number of nitrogens with one attached hydrogen (secondary N) is 3. The minimum Gasteiger partial charge on any atom is -0.355 e. The Hall–Kier alpha value is -2.86. The Kier molecular flexibility index (Phi) is 7.37. The molecule has 0 unspecified atom stereocenters. The molecule has 0 fully saturated rings. The molecule has 0 radical (unpaired) electrons. The largest absolute Gasteiger partial charge is 0.355 e. The monoisotopic (exact) mass is 386 g/mol. The zero-order valence-electron chi connectivity index (χ0n) is 15.5. The molecule has 1 atom stereocenters. The van der Waals surface area contributed by atoms with Crippen LogP contribution in [-0.4, -0.2) is 24.1 Å². The maximum atomic E-state index is 11.8. The lowest BCUT2D eigenvalue weighted by Gasteiger charge is -2.11. The molecule has 0 aliphatic rings. The highest BCUT2D eigenvalue weighted by atomic mass is 35.5. The number of nitrogens with zero attached hydrogens (tertiary/aromatic N) is 1. The number of carbonyl (C=O) groups excluding carboxylic acids is 2. The lowest BCUT2D eigenvalue weighted by molar-refractivity contribution is -0.139. The Labute approximate surface area is 164 Å². The predicted octanol–water partition coefficient (Wildman–Crippen LogP) is 3.76. The maximum Gasteiger partial charge on any atom is 0.329 e. The van der Waals surface area contributed by atoms with E-state index in [9.17, 15) is 9.59 Å². The Morgan fingerprint density at radius 2 is 1.85 bits per heavy atom. The van der Waals surface area contributed by atoms with Crippen LogP contribution in [0.15, 0.2) is 47.6 Å². The van der Waals surface area contributed by atoms with Gasteiger partial charge in [-0.2, -0.15) is 5.10 Å². The van der Waals surface area contributed by atoms with Crippen molar-refractivity contribution in [2.75, 3.05) is 5.32 Å². The number of anilines is 2. The Balaban J connectivity index is 2.07. The first-order valence-corrected chi connectivity index (χ1v) is 9.04. The van der Waals surface area contributed by atoms with E-state index in [2.05, 4.69) is 21.2 Å². The first-order chi connectivity index (χ1) is 12.9. The zero-order chi connectivity index (χ0) is 19.8. The fourth-order valence-electron chi connectivity index (χ4n) is 2.15. The number of hydrazone groups is 1. The number of aryl methyl sites for hydroxylation is 1. The highest BCUT2D eigenvalue weighted by molar-refractivity contribution is 6.35. The van der Waals surface area contributed by atoms with Crippen LogP contribution >= 0.6 is 11.6 Å². The van der Waals surface area contributed by atoms with E-state index in [1.54, 1.807) is 12.1 Å². The summed E-state index contributed by atoms with van der Waals surface area (Å²) in [5.74, 6) is -1.53. The molecule has 0 aliphatic heterocycles. The van der Waals surface area contributed by atoms with Crippen LogP contribution in [0.2, 0.25) is 5.02 Å². The number of hydrogen-bond donors (Lipinski definition) is 3. The second-order valence-corrected chi connectivity index (χ2v) is 6.64. The molecular formula is C20H23ClN4O2. The van der Waals surface area contributed by atoms with E-state index in [0.717, 1.165) is 23.4 Å². The van der Waals surface area contributed by atoms with E-state index in [1.165, 1.54) is 6.21 Å². The topological polar surface area (TPSA) is 82.6 Å². The zero-order valence-corrected chi connectivity index (χ0v) is 16.3. The van der Waals surface area contributed by atoms with Gasteiger partial charge in [0.1, 0.15) is 0 Å². The van der Waals surface area contributed by atoms with E-state index in [0.29, 0.717) is 10.6 Å². The van der Waals surface area contributed by atoms with Gasteiger partial charge in [0.25, 0.3) is 0 Å². The molecule has 0 saturated heterocycles. The van der Waals surface area contributed by atoms with Crippen molar-refractivity contribution in [3.63, 3.8) is 0 Å². The summed E-state index contributed by atoms with van der Waals surface area (Å²) in [7, 11) is 0. The van der Waals surface area contributed by atoms with E-state index >= 15 is 0 Å². The summed E-state index contributed by atoms with van der Waals surface area (Å²) in [6.07, 6.45) is 2.18. The van der Waals surface area contributed by atoms with Gasteiger partial charge >= 0.3 is 11.8 Å². The van der Waals surface area contributed by atoms with Gasteiger partial charge < -0.3 is 10.6 Å². The number of carbonyl (C=O) groups is 2. The minimum absolute atomic E-state index is 0.0783. The summed E-state index contributed by atoms with van der Waals surface area (Å²) < 4.78 is 0. The normalized spacial score (nSPS) is 11.9. The third kappa shape index (κ3) is 6.42. The molecule has 0 aliphatic carbocycles. The fraction of sp³-hybridized carbons (Fsp3) is 0.250. The molecule has 0 aromatic heterocycles. The van der Waals surface area contributed by atoms with Crippen LogP contribution in [0.25, 0.3) is 0 Å². The molecule has 0 bridgehead atoms. The van der Waals surface area contributed by atoms with Crippen molar-refractivity contribution in [2.24, 2.45) is 5.10 Å². The third-order valence-corrected chi connectivity index (χ3v) is 4.15. The van der Waals surface area contributed by atoms with Crippen LogP contribution in [0.3, 0.4) is 0 Å². The molecule has 6 nitrogen and oxygen atoms in total. The lowest BCUT2D eigenvalue weighted by atomic mass is 10.1. The van der Waals surface area contributed by atoms with Crippen LogP contribution in [0.1, 0.15) is 31.4 Å². The lowest BCUT2D eigenvalue weighted by Crippen LogP contribution is -2.41. The smallest absolute Gasteiger partial charge is 0.329 e.